The zero-order chi connectivity index (χ0) is 32.4. The van der Waals surface area contributed by atoms with Gasteiger partial charge in [-0.05, 0) is 6.42 Å². The average molecular weight is 624 g/mol. The van der Waals surface area contributed by atoms with Crippen molar-refractivity contribution < 1.29 is 64.3 Å². The Kier molecular flexibility index (Phi) is 15.3. The second-order valence-corrected chi connectivity index (χ2v) is 11.4. The molecule has 0 saturated carbocycles. The van der Waals surface area contributed by atoms with Crippen LogP contribution < -0.4 is 16.4 Å². The summed E-state index contributed by atoms with van der Waals surface area (Å²) in [4.78, 5) is 38.4. The number of carbonyl (C=O) groups excluding carboxylic acids is 3. The quantitative estimate of drug-likeness (QED) is 0.0737. The minimum absolute atomic E-state index is 0.412. The minimum Gasteiger partial charge on any atom is -0.394 e. The van der Waals surface area contributed by atoms with E-state index < -0.39 is 117 Å². The molecule has 16 nitrogen and oxygen atoms in total. The van der Waals surface area contributed by atoms with Gasteiger partial charge in [0.15, 0.2) is 18.3 Å². The van der Waals surface area contributed by atoms with Gasteiger partial charge in [0, 0.05) is 5.92 Å². The number of hydrogen-bond donors (Lipinski definition) is 10. The summed E-state index contributed by atoms with van der Waals surface area (Å²) in [5.41, 5.74) is 5.98. The number of Topliss-reactive ketones (excluding diaryl/α,β-unsaturated/α-hetero) is 1. The van der Waals surface area contributed by atoms with Crippen molar-refractivity contribution in [2.45, 2.75) is 133 Å². The fraction of sp³-hybridized carbons (Fsp3) is 0.889. The zero-order valence-electron chi connectivity index (χ0n) is 24.8. The van der Waals surface area contributed by atoms with Crippen LogP contribution >= 0.6 is 0 Å². The molecule has 0 aromatic rings. The van der Waals surface area contributed by atoms with Crippen LogP contribution in [0.4, 0.5) is 0 Å². The first-order valence-electron chi connectivity index (χ1n) is 14.7. The topological polar surface area (TPSA) is 271 Å². The van der Waals surface area contributed by atoms with Crippen LogP contribution in [0.3, 0.4) is 0 Å². The molecule has 16 heteroatoms. The van der Waals surface area contributed by atoms with E-state index in [-0.39, 0.29) is 0 Å². The maximum absolute atomic E-state index is 12.9. The van der Waals surface area contributed by atoms with Crippen molar-refractivity contribution in [2.75, 3.05) is 13.2 Å². The summed E-state index contributed by atoms with van der Waals surface area (Å²) in [6, 6.07) is -2.09. The first-order chi connectivity index (χ1) is 20.3. The lowest BCUT2D eigenvalue weighted by Crippen LogP contribution is -2.66. The molecule has 2 aliphatic heterocycles. The van der Waals surface area contributed by atoms with Crippen LogP contribution in [0.2, 0.25) is 0 Å². The number of carbonyl (C=O) groups is 3. The maximum atomic E-state index is 12.9. The van der Waals surface area contributed by atoms with Crippen molar-refractivity contribution in [1.82, 2.24) is 10.6 Å². The van der Waals surface area contributed by atoms with E-state index in [9.17, 15) is 50.1 Å². The zero-order valence-corrected chi connectivity index (χ0v) is 24.8. The van der Waals surface area contributed by atoms with Crippen molar-refractivity contribution in [3.8, 4) is 0 Å². The minimum atomic E-state index is -1.84. The molecule has 0 aromatic carbocycles. The molecule has 11 N–H and O–H groups in total. The Morgan fingerprint density at radius 2 is 1.51 bits per heavy atom. The number of nitrogens with two attached hydrogens (primary N) is 1. The third-order valence-electron chi connectivity index (χ3n) is 7.63. The molecule has 0 radical (unpaired) electrons. The van der Waals surface area contributed by atoms with Crippen LogP contribution in [0.15, 0.2) is 0 Å². The third-order valence-corrected chi connectivity index (χ3v) is 7.63. The van der Waals surface area contributed by atoms with Gasteiger partial charge in [0.25, 0.3) is 0 Å². The standard InChI is InChI=1S/C27H49N3O13/c1-4-5-6-7-8-13(28)25(40)29-14(18(34)12(2)3)9-17(33)30-26-22(38)21(37)24(16(11-32)41-26)43-27-23(39)20(36)19(35)15(10-31)42-27/h12-16,19-24,26-27,31-32,35-39H,4-11,28H2,1-3H3,(H,29,40)(H,30,33)/t13?,14?,15?,16?,19-,20-,21+,22?,23?,24+,26+,27-/m0/s1. The van der Waals surface area contributed by atoms with Gasteiger partial charge in [0.05, 0.1) is 31.7 Å². The molecule has 0 bridgehead atoms. The molecule has 12 atom stereocenters. The Morgan fingerprint density at radius 1 is 0.860 bits per heavy atom. The van der Waals surface area contributed by atoms with Crippen LogP contribution in [-0.4, -0.2) is 140 Å². The Hall–Kier alpha value is -1.83. The van der Waals surface area contributed by atoms with E-state index in [0.717, 1.165) is 25.7 Å². The Morgan fingerprint density at radius 3 is 2.09 bits per heavy atom. The van der Waals surface area contributed by atoms with Crippen molar-refractivity contribution in [1.29, 1.82) is 0 Å². The van der Waals surface area contributed by atoms with Crippen molar-refractivity contribution in [3.63, 3.8) is 0 Å². The van der Waals surface area contributed by atoms with E-state index in [1.807, 2.05) is 0 Å². The largest absolute Gasteiger partial charge is 0.394 e. The third kappa shape index (κ3) is 10.1. The van der Waals surface area contributed by atoms with Gasteiger partial charge in [-0.2, -0.15) is 0 Å². The van der Waals surface area contributed by atoms with Crippen molar-refractivity contribution >= 4 is 17.6 Å². The number of hydrogen-bond acceptors (Lipinski definition) is 14. The van der Waals surface area contributed by atoms with E-state index in [2.05, 4.69) is 17.6 Å². The SMILES string of the molecule is CCCCCCC(N)C(=O)NC(CC(=O)N[C@@H]1OC(CO)[C@@H](O[C@@H]2OC(CO)[C@H](O)[C@H](O)C2O)[C@H](O)C1O)C(=O)C(C)C. The maximum Gasteiger partial charge on any atom is 0.237 e. The number of aliphatic hydroxyl groups excluding tert-OH is 7. The number of ketones is 1. The Balaban J connectivity index is 2.05. The molecule has 2 aliphatic rings. The van der Waals surface area contributed by atoms with Crippen molar-refractivity contribution in [2.24, 2.45) is 11.7 Å². The van der Waals surface area contributed by atoms with Gasteiger partial charge in [-0.15, -0.1) is 0 Å². The number of ether oxygens (including phenoxy) is 3. The predicted octanol–water partition coefficient (Wildman–Crippen LogP) is -3.88. The molecule has 2 fully saturated rings. The van der Waals surface area contributed by atoms with Gasteiger partial charge >= 0.3 is 0 Å². The van der Waals surface area contributed by atoms with Gasteiger partial charge < -0.3 is 66.3 Å². The molecule has 0 aromatic heterocycles. The van der Waals surface area contributed by atoms with Crippen LogP contribution in [0.5, 0.6) is 0 Å². The summed E-state index contributed by atoms with van der Waals surface area (Å²) in [5, 5.41) is 75.8. The predicted molar refractivity (Wildman–Crippen MR) is 148 cm³/mol. The first-order valence-corrected chi connectivity index (χ1v) is 14.7. The summed E-state index contributed by atoms with van der Waals surface area (Å²) in [6.45, 7) is 3.74. The molecule has 0 aliphatic carbocycles. The van der Waals surface area contributed by atoms with Gasteiger partial charge in [-0.1, -0.05) is 46.5 Å². The normalized spacial score (nSPS) is 34.4. The average Bonchev–Trinajstić information content (AvgIpc) is 2.97. The van der Waals surface area contributed by atoms with Crippen LogP contribution in [-0.2, 0) is 28.6 Å². The highest BCUT2D eigenvalue weighted by Crippen LogP contribution is 2.28. The fourth-order valence-electron chi connectivity index (χ4n) is 4.94. The summed E-state index contributed by atoms with van der Waals surface area (Å²) < 4.78 is 16.3. The van der Waals surface area contributed by atoms with Gasteiger partial charge in [0.2, 0.25) is 11.8 Å². The fourth-order valence-corrected chi connectivity index (χ4v) is 4.94. The first kappa shape index (κ1) is 37.4. The summed E-state index contributed by atoms with van der Waals surface area (Å²) in [5.74, 6) is -2.36. The Bertz CT molecular complexity index is 892. The molecule has 2 rings (SSSR count). The van der Waals surface area contributed by atoms with E-state index in [1.54, 1.807) is 13.8 Å². The molecule has 6 unspecified atom stereocenters. The highest BCUT2D eigenvalue weighted by molar-refractivity contribution is 5.95. The van der Waals surface area contributed by atoms with E-state index in [0.29, 0.717) is 6.42 Å². The lowest BCUT2D eigenvalue weighted by Gasteiger charge is -2.46. The lowest BCUT2D eigenvalue weighted by molar-refractivity contribution is -0.343. The molecule has 2 saturated heterocycles. The van der Waals surface area contributed by atoms with Crippen LogP contribution in [0.25, 0.3) is 0 Å². The monoisotopic (exact) mass is 623 g/mol. The number of aliphatic hydroxyl groups is 7. The van der Waals surface area contributed by atoms with Gasteiger partial charge in [-0.3, -0.25) is 14.4 Å². The molecule has 43 heavy (non-hydrogen) atoms. The Labute approximate surface area is 250 Å². The summed E-state index contributed by atoms with van der Waals surface area (Å²) in [7, 11) is 0. The lowest BCUT2D eigenvalue weighted by atomic mass is 9.96. The number of unbranched alkanes of at least 4 members (excludes halogenated alkanes) is 3. The van der Waals surface area contributed by atoms with E-state index in [4.69, 9.17) is 19.9 Å². The summed E-state index contributed by atoms with van der Waals surface area (Å²) in [6.07, 6.45) is -12.9. The number of rotatable bonds is 16. The smallest absolute Gasteiger partial charge is 0.237 e. The second-order valence-electron chi connectivity index (χ2n) is 11.4. The summed E-state index contributed by atoms with van der Waals surface area (Å²) >= 11 is 0. The number of amides is 2. The van der Waals surface area contributed by atoms with E-state index >= 15 is 0 Å². The van der Waals surface area contributed by atoms with Crippen LogP contribution in [0.1, 0.15) is 59.3 Å². The highest BCUT2D eigenvalue weighted by atomic mass is 16.7. The second kappa shape index (κ2) is 17.6. The van der Waals surface area contributed by atoms with Gasteiger partial charge in [-0.25, -0.2) is 0 Å². The molecule has 0 spiro atoms. The van der Waals surface area contributed by atoms with Crippen LogP contribution in [0, 0.1) is 5.92 Å². The van der Waals surface area contributed by atoms with Crippen molar-refractivity contribution in [3.05, 3.63) is 0 Å². The molecular formula is C27H49N3O13. The highest BCUT2D eigenvalue weighted by Gasteiger charge is 2.50. The molecule has 2 heterocycles. The molecule has 2 amide bonds. The molecular weight excluding hydrogens is 574 g/mol. The number of nitrogens with one attached hydrogen (secondary N) is 2. The van der Waals surface area contributed by atoms with Gasteiger partial charge in [0.1, 0.15) is 48.8 Å². The van der Waals surface area contributed by atoms with E-state index in [1.165, 1.54) is 0 Å². The molecule has 250 valence electrons.